The Morgan fingerprint density at radius 1 is 0.962 bits per heavy atom. The standard InChI is InChI=1S/C20H19ClN4O/c1-12-8-9-16(13(2)10-12)24-19-11-18(22-14(3)23-19)20(26)25-17-7-5-4-6-15(17)21/h4-11H,1-3H3,(H,25,26)(H,22,23,24). The number of nitrogens with zero attached hydrogens (tertiary/aromatic N) is 2. The number of hydrogen-bond donors (Lipinski definition) is 2. The first-order chi connectivity index (χ1) is 12.4. The molecule has 0 aliphatic heterocycles. The molecule has 0 saturated heterocycles. The lowest BCUT2D eigenvalue weighted by molar-refractivity contribution is 0.102. The molecule has 0 unspecified atom stereocenters. The molecule has 0 atom stereocenters. The molecule has 1 amide bonds. The van der Waals surface area contributed by atoms with Gasteiger partial charge in [-0.25, -0.2) is 9.97 Å². The van der Waals surface area contributed by atoms with E-state index in [2.05, 4.69) is 26.7 Å². The average molecular weight is 367 g/mol. The highest BCUT2D eigenvalue weighted by molar-refractivity contribution is 6.33. The number of rotatable bonds is 4. The summed E-state index contributed by atoms with van der Waals surface area (Å²) >= 11 is 6.10. The van der Waals surface area contributed by atoms with Gasteiger partial charge in [-0.1, -0.05) is 41.4 Å². The van der Waals surface area contributed by atoms with Crippen molar-refractivity contribution in [2.75, 3.05) is 10.6 Å². The highest BCUT2D eigenvalue weighted by Gasteiger charge is 2.13. The minimum absolute atomic E-state index is 0.268. The molecule has 6 heteroatoms. The van der Waals surface area contributed by atoms with E-state index in [4.69, 9.17) is 11.6 Å². The van der Waals surface area contributed by atoms with Gasteiger partial charge in [0.25, 0.3) is 5.91 Å². The minimum Gasteiger partial charge on any atom is -0.340 e. The van der Waals surface area contributed by atoms with Crippen molar-refractivity contribution in [2.24, 2.45) is 0 Å². The molecule has 2 aromatic carbocycles. The quantitative estimate of drug-likeness (QED) is 0.678. The number of nitrogens with one attached hydrogen (secondary N) is 2. The van der Waals surface area contributed by atoms with Crippen molar-refractivity contribution in [1.82, 2.24) is 9.97 Å². The highest BCUT2D eigenvalue weighted by atomic mass is 35.5. The number of benzene rings is 2. The van der Waals surface area contributed by atoms with E-state index in [0.29, 0.717) is 22.4 Å². The zero-order valence-corrected chi connectivity index (χ0v) is 15.6. The Labute approximate surface area is 157 Å². The smallest absolute Gasteiger partial charge is 0.274 e. The van der Waals surface area contributed by atoms with Gasteiger partial charge < -0.3 is 10.6 Å². The van der Waals surface area contributed by atoms with E-state index in [-0.39, 0.29) is 11.6 Å². The van der Waals surface area contributed by atoms with E-state index >= 15 is 0 Å². The molecule has 1 heterocycles. The summed E-state index contributed by atoms with van der Waals surface area (Å²) in [5.74, 6) is 0.727. The van der Waals surface area contributed by atoms with Crippen molar-refractivity contribution in [2.45, 2.75) is 20.8 Å². The van der Waals surface area contributed by atoms with Crippen LogP contribution in [0.25, 0.3) is 0 Å². The summed E-state index contributed by atoms with van der Waals surface area (Å²) in [4.78, 5) is 21.1. The average Bonchev–Trinajstić information content (AvgIpc) is 2.59. The van der Waals surface area contributed by atoms with Crippen molar-refractivity contribution in [1.29, 1.82) is 0 Å². The summed E-state index contributed by atoms with van der Waals surface area (Å²) in [6, 6.07) is 14.8. The summed E-state index contributed by atoms with van der Waals surface area (Å²) in [5.41, 5.74) is 4.03. The molecule has 3 aromatic rings. The van der Waals surface area contributed by atoms with Crippen LogP contribution in [0.5, 0.6) is 0 Å². The van der Waals surface area contributed by atoms with Crippen molar-refractivity contribution in [3.8, 4) is 0 Å². The zero-order chi connectivity index (χ0) is 18.7. The maximum Gasteiger partial charge on any atom is 0.274 e. The number of halogens is 1. The van der Waals surface area contributed by atoms with Gasteiger partial charge in [-0.2, -0.15) is 0 Å². The third-order valence-electron chi connectivity index (χ3n) is 3.84. The summed E-state index contributed by atoms with van der Waals surface area (Å²) < 4.78 is 0. The second-order valence-electron chi connectivity index (χ2n) is 6.06. The molecule has 0 aliphatic rings. The van der Waals surface area contributed by atoms with E-state index < -0.39 is 0 Å². The molecule has 0 radical (unpaired) electrons. The first-order valence-corrected chi connectivity index (χ1v) is 8.56. The van der Waals surface area contributed by atoms with E-state index in [1.165, 1.54) is 5.56 Å². The van der Waals surface area contributed by atoms with Gasteiger partial charge in [0, 0.05) is 11.8 Å². The fourth-order valence-corrected chi connectivity index (χ4v) is 2.77. The largest absolute Gasteiger partial charge is 0.340 e. The number of hydrogen-bond acceptors (Lipinski definition) is 4. The molecule has 2 N–H and O–H groups in total. The number of aryl methyl sites for hydroxylation is 3. The molecule has 0 spiro atoms. The Kier molecular flexibility index (Phi) is 5.19. The first-order valence-electron chi connectivity index (χ1n) is 8.18. The Balaban J connectivity index is 1.85. The van der Waals surface area contributed by atoms with Crippen LogP contribution in [0.15, 0.2) is 48.5 Å². The van der Waals surface area contributed by atoms with Crippen molar-refractivity contribution in [3.63, 3.8) is 0 Å². The summed E-state index contributed by atoms with van der Waals surface area (Å²) in [6.07, 6.45) is 0. The molecule has 3 rings (SSSR count). The van der Waals surface area contributed by atoms with Crippen LogP contribution in [-0.4, -0.2) is 15.9 Å². The number of para-hydroxylation sites is 1. The summed E-state index contributed by atoms with van der Waals surface area (Å²) in [7, 11) is 0. The molecular formula is C20H19ClN4O. The van der Waals surface area contributed by atoms with E-state index in [1.807, 2.05) is 26.0 Å². The van der Waals surface area contributed by atoms with Crippen molar-refractivity contribution >= 4 is 34.7 Å². The van der Waals surface area contributed by atoms with Crippen molar-refractivity contribution < 1.29 is 4.79 Å². The normalized spacial score (nSPS) is 10.5. The SMILES string of the molecule is Cc1ccc(Nc2cc(C(=O)Nc3ccccc3Cl)nc(C)n2)c(C)c1. The van der Waals surface area contributed by atoms with Crippen LogP contribution in [0, 0.1) is 20.8 Å². The molecule has 0 saturated carbocycles. The second kappa shape index (κ2) is 7.54. The molecule has 1 aromatic heterocycles. The number of amides is 1. The lowest BCUT2D eigenvalue weighted by Gasteiger charge is -2.12. The van der Waals surface area contributed by atoms with Gasteiger partial charge in [-0.3, -0.25) is 4.79 Å². The van der Waals surface area contributed by atoms with Gasteiger partial charge >= 0.3 is 0 Å². The zero-order valence-electron chi connectivity index (χ0n) is 14.8. The van der Waals surface area contributed by atoms with Crippen LogP contribution < -0.4 is 10.6 Å². The lowest BCUT2D eigenvalue weighted by Crippen LogP contribution is -2.15. The van der Waals surface area contributed by atoms with Gasteiger partial charge in [-0.05, 0) is 44.5 Å². The summed E-state index contributed by atoms with van der Waals surface area (Å²) in [5, 5.41) is 6.50. The van der Waals surface area contributed by atoms with E-state index in [9.17, 15) is 4.79 Å². The molecular weight excluding hydrogens is 348 g/mol. The summed E-state index contributed by atoms with van der Waals surface area (Å²) in [6.45, 7) is 5.82. The third kappa shape index (κ3) is 4.18. The van der Waals surface area contributed by atoms with E-state index in [0.717, 1.165) is 11.3 Å². The van der Waals surface area contributed by atoms with Crippen LogP contribution in [0.1, 0.15) is 27.4 Å². The van der Waals surface area contributed by atoms with Gasteiger partial charge in [0.05, 0.1) is 10.7 Å². The molecule has 132 valence electrons. The molecule has 0 fully saturated rings. The van der Waals surface area contributed by atoms with Crippen LogP contribution in [0.4, 0.5) is 17.2 Å². The van der Waals surface area contributed by atoms with Gasteiger partial charge in [0.1, 0.15) is 17.3 Å². The van der Waals surface area contributed by atoms with Crippen LogP contribution in [-0.2, 0) is 0 Å². The molecule has 0 bridgehead atoms. The monoisotopic (exact) mass is 366 g/mol. The lowest BCUT2D eigenvalue weighted by atomic mass is 10.1. The van der Waals surface area contributed by atoms with Crippen LogP contribution >= 0.6 is 11.6 Å². The third-order valence-corrected chi connectivity index (χ3v) is 4.17. The van der Waals surface area contributed by atoms with Crippen LogP contribution in [0.3, 0.4) is 0 Å². The van der Waals surface area contributed by atoms with Gasteiger partial charge in [0.2, 0.25) is 0 Å². The fourth-order valence-electron chi connectivity index (χ4n) is 2.59. The molecule has 26 heavy (non-hydrogen) atoms. The van der Waals surface area contributed by atoms with Crippen molar-refractivity contribution in [3.05, 3.63) is 76.2 Å². The minimum atomic E-state index is -0.340. The Bertz CT molecular complexity index is 972. The fraction of sp³-hybridized carbons (Fsp3) is 0.150. The molecule has 0 aliphatic carbocycles. The molecule has 5 nitrogen and oxygen atoms in total. The Morgan fingerprint density at radius 3 is 2.46 bits per heavy atom. The van der Waals surface area contributed by atoms with Crippen LogP contribution in [0.2, 0.25) is 5.02 Å². The number of aromatic nitrogens is 2. The van der Waals surface area contributed by atoms with Gasteiger partial charge in [-0.15, -0.1) is 0 Å². The predicted octanol–water partition coefficient (Wildman–Crippen LogP) is 5.05. The second-order valence-corrected chi connectivity index (χ2v) is 6.47. The Hall–Kier alpha value is -2.92. The maximum absolute atomic E-state index is 12.5. The maximum atomic E-state index is 12.5. The number of carbonyl (C=O) groups is 1. The number of anilines is 3. The van der Waals surface area contributed by atoms with E-state index in [1.54, 1.807) is 37.3 Å². The predicted molar refractivity (Wildman–Crippen MR) is 105 cm³/mol. The first kappa shape index (κ1) is 17.9. The topological polar surface area (TPSA) is 66.9 Å². The number of carbonyl (C=O) groups excluding carboxylic acids is 1. The highest BCUT2D eigenvalue weighted by Crippen LogP contribution is 2.23. The van der Waals surface area contributed by atoms with Gasteiger partial charge in [0.15, 0.2) is 0 Å². The Morgan fingerprint density at radius 2 is 1.73 bits per heavy atom.